The van der Waals surface area contributed by atoms with Gasteiger partial charge >= 0.3 is 0 Å². The van der Waals surface area contributed by atoms with Crippen LogP contribution in [0.15, 0.2) is 6.20 Å². The number of rotatable bonds is 5. The van der Waals surface area contributed by atoms with E-state index in [2.05, 4.69) is 22.5 Å². The first-order chi connectivity index (χ1) is 15.9. The lowest BCUT2D eigenvalue weighted by atomic mass is 10.0. The third kappa shape index (κ3) is 3.47. The molecule has 0 bridgehead atoms. The van der Waals surface area contributed by atoms with Gasteiger partial charge in [0, 0.05) is 43.5 Å². The average molecular weight is 475 g/mol. The van der Waals surface area contributed by atoms with E-state index in [0.29, 0.717) is 37.9 Å². The minimum Gasteiger partial charge on any atom is -0.351 e. The number of carbonyl (C=O) groups is 1. The number of sulfonamides is 1. The molecule has 1 aromatic rings. The number of nitrogens with zero attached hydrogens (tertiary/aromatic N) is 4. The van der Waals surface area contributed by atoms with E-state index in [1.807, 2.05) is 11.1 Å². The number of carbonyl (C=O) groups excluding carboxylic acids is 1. The van der Waals surface area contributed by atoms with E-state index in [4.69, 9.17) is 4.98 Å². The fraction of sp³-hybridized carbons (Fsp3) is 0.783. The smallest absolute Gasteiger partial charge is 0.239 e. The highest BCUT2D eigenvalue weighted by Crippen LogP contribution is 2.58. The van der Waals surface area contributed by atoms with Gasteiger partial charge in [0.2, 0.25) is 21.9 Å². The molecule has 0 radical (unpaired) electrons. The van der Waals surface area contributed by atoms with Crippen molar-refractivity contribution in [1.82, 2.24) is 19.6 Å². The van der Waals surface area contributed by atoms with Gasteiger partial charge in [0.05, 0.1) is 10.7 Å². The first-order valence-corrected chi connectivity index (χ1v) is 14.1. The van der Waals surface area contributed by atoms with Crippen molar-refractivity contribution in [2.45, 2.75) is 81.0 Å². The Morgan fingerprint density at radius 3 is 2.58 bits per heavy atom. The Labute approximate surface area is 195 Å². The van der Waals surface area contributed by atoms with Crippen molar-refractivity contribution in [3.8, 4) is 0 Å². The summed E-state index contributed by atoms with van der Waals surface area (Å²) >= 11 is 0. The van der Waals surface area contributed by atoms with E-state index < -0.39 is 10.0 Å². The van der Waals surface area contributed by atoms with Crippen molar-refractivity contribution in [2.24, 2.45) is 5.92 Å². The minimum atomic E-state index is -3.23. The Kier molecular flexibility index (Phi) is 5.19. The zero-order valence-corrected chi connectivity index (χ0v) is 20.1. The topological polar surface area (TPSA) is 108 Å². The van der Waals surface area contributed by atoms with Crippen molar-refractivity contribution in [3.05, 3.63) is 11.8 Å². The van der Waals surface area contributed by atoms with Crippen LogP contribution in [0, 0.1) is 5.92 Å². The van der Waals surface area contributed by atoms with Gasteiger partial charge < -0.3 is 10.6 Å². The third-order valence-corrected chi connectivity index (χ3v) is 11.0. The van der Waals surface area contributed by atoms with Crippen LogP contribution in [0.1, 0.15) is 63.9 Å². The number of hydrogen-bond donors (Lipinski definition) is 2. The molecule has 33 heavy (non-hydrogen) atoms. The number of piperidine rings is 1. The van der Waals surface area contributed by atoms with Crippen molar-refractivity contribution >= 4 is 27.7 Å². The van der Waals surface area contributed by atoms with Gasteiger partial charge in [-0.1, -0.05) is 13.3 Å². The summed E-state index contributed by atoms with van der Waals surface area (Å²) in [5, 5.41) is 6.31. The van der Waals surface area contributed by atoms with Crippen LogP contribution < -0.4 is 15.5 Å². The summed E-state index contributed by atoms with van der Waals surface area (Å²) in [6.45, 7) is 4.62. The molecule has 4 fully saturated rings. The maximum atomic E-state index is 13.4. The molecule has 1 aromatic heterocycles. The summed E-state index contributed by atoms with van der Waals surface area (Å²) in [6, 6.07) is 0.361. The zero-order chi connectivity index (χ0) is 22.8. The van der Waals surface area contributed by atoms with E-state index in [-0.39, 0.29) is 28.7 Å². The lowest BCUT2D eigenvalue weighted by Crippen LogP contribution is -2.46. The maximum absolute atomic E-state index is 13.4. The van der Waals surface area contributed by atoms with Crippen LogP contribution in [-0.2, 0) is 20.2 Å². The zero-order valence-electron chi connectivity index (χ0n) is 19.3. The molecule has 4 heterocycles. The molecular formula is C23H34N6O3S. The van der Waals surface area contributed by atoms with Crippen LogP contribution in [-0.4, -0.2) is 72.1 Å². The molecule has 2 aliphatic carbocycles. The minimum absolute atomic E-state index is 0.127. The summed E-state index contributed by atoms with van der Waals surface area (Å²) in [7, 11) is -3.23. The van der Waals surface area contributed by atoms with Gasteiger partial charge in [0.1, 0.15) is 5.82 Å². The van der Waals surface area contributed by atoms with Crippen LogP contribution in [0.4, 0.5) is 11.8 Å². The van der Waals surface area contributed by atoms with Crippen LogP contribution in [0.3, 0.4) is 0 Å². The molecule has 3 atom stereocenters. The summed E-state index contributed by atoms with van der Waals surface area (Å²) in [4.78, 5) is 24.8. The molecular weight excluding hydrogens is 440 g/mol. The standard InChI is InChI=1S/C23H34N6O3S/c1-15-3-2-4-19(15)29-20-18(23(8-9-23)21(29)30)14-25-22(27-20)26-16-6-11-28(12-7-16)33(31,32)17-5-10-24-13-17/h14-17,19,24H,2-13H2,1H3,(H,25,26,27). The van der Waals surface area contributed by atoms with E-state index in [1.165, 1.54) is 0 Å². The summed E-state index contributed by atoms with van der Waals surface area (Å²) in [5.41, 5.74) is 0.633. The van der Waals surface area contributed by atoms with Gasteiger partial charge in [-0.25, -0.2) is 17.7 Å². The molecule has 2 saturated heterocycles. The monoisotopic (exact) mass is 474 g/mol. The summed E-state index contributed by atoms with van der Waals surface area (Å²) in [5.74, 6) is 2.07. The molecule has 9 nitrogen and oxygen atoms in total. The van der Waals surface area contributed by atoms with Crippen LogP contribution >= 0.6 is 0 Å². The lowest BCUT2D eigenvalue weighted by molar-refractivity contribution is -0.120. The number of nitrogens with one attached hydrogen (secondary N) is 2. The molecule has 10 heteroatoms. The summed E-state index contributed by atoms with van der Waals surface area (Å²) < 4.78 is 27.4. The first-order valence-electron chi connectivity index (χ1n) is 12.6. The number of anilines is 2. The van der Waals surface area contributed by atoms with Gasteiger partial charge in [-0.3, -0.25) is 9.69 Å². The molecule has 5 aliphatic rings. The molecule has 2 saturated carbocycles. The van der Waals surface area contributed by atoms with Gasteiger partial charge in [-0.05, 0) is 57.4 Å². The Bertz CT molecular complexity index is 1040. The number of hydrogen-bond acceptors (Lipinski definition) is 7. The highest BCUT2D eigenvalue weighted by molar-refractivity contribution is 7.89. The van der Waals surface area contributed by atoms with E-state index in [9.17, 15) is 13.2 Å². The Hall–Kier alpha value is -1.78. The van der Waals surface area contributed by atoms with Crippen LogP contribution in [0.2, 0.25) is 0 Å². The van der Waals surface area contributed by atoms with E-state index in [1.54, 1.807) is 4.31 Å². The highest BCUT2D eigenvalue weighted by Gasteiger charge is 2.62. The van der Waals surface area contributed by atoms with Gasteiger partial charge in [-0.2, -0.15) is 4.98 Å². The predicted octanol–water partition coefficient (Wildman–Crippen LogP) is 1.61. The Morgan fingerprint density at radius 1 is 1.15 bits per heavy atom. The normalized spacial score (nSPS) is 32.0. The van der Waals surface area contributed by atoms with E-state index >= 15 is 0 Å². The molecule has 6 rings (SSSR count). The summed E-state index contributed by atoms with van der Waals surface area (Å²) in [6.07, 6.45) is 9.17. The Balaban J connectivity index is 1.16. The van der Waals surface area contributed by atoms with Gasteiger partial charge in [0.15, 0.2) is 0 Å². The molecule has 0 aromatic carbocycles. The SMILES string of the molecule is CC1CCCC1N1C(=O)C2(CC2)c2cnc(NC3CCN(S(=O)(=O)C4CCNC4)CC3)nc21. The second-order valence-corrected chi connectivity index (χ2v) is 12.9. The largest absolute Gasteiger partial charge is 0.351 e. The number of amides is 1. The van der Waals surface area contributed by atoms with Crippen LogP contribution in [0.25, 0.3) is 0 Å². The lowest BCUT2D eigenvalue weighted by Gasteiger charge is -2.33. The second kappa shape index (κ2) is 7.88. The van der Waals surface area contributed by atoms with E-state index in [0.717, 1.165) is 62.9 Å². The van der Waals surface area contributed by atoms with Crippen LogP contribution in [0.5, 0.6) is 0 Å². The molecule has 3 unspecified atom stereocenters. The second-order valence-electron chi connectivity index (χ2n) is 10.6. The molecule has 3 aliphatic heterocycles. The fourth-order valence-corrected chi connectivity index (χ4v) is 8.25. The van der Waals surface area contributed by atoms with Crippen molar-refractivity contribution < 1.29 is 13.2 Å². The highest BCUT2D eigenvalue weighted by atomic mass is 32.2. The molecule has 1 spiro atoms. The first kappa shape index (κ1) is 21.7. The quantitative estimate of drug-likeness (QED) is 0.668. The molecule has 2 N–H and O–H groups in total. The van der Waals surface area contributed by atoms with Crippen molar-refractivity contribution in [3.63, 3.8) is 0 Å². The molecule has 180 valence electrons. The van der Waals surface area contributed by atoms with Gasteiger partial charge in [-0.15, -0.1) is 0 Å². The Morgan fingerprint density at radius 2 is 1.94 bits per heavy atom. The van der Waals surface area contributed by atoms with Crippen molar-refractivity contribution in [1.29, 1.82) is 0 Å². The van der Waals surface area contributed by atoms with Crippen molar-refractivity contribution in [2.75, 3.05) is 36.4 Å². The molecule has 1 amide bonds. The maximum Gasteiger partial charge on any atom is 0.239 e. The number of aromatic nitrogens is 2. The average Bonchev–Trinajstić information content (AvgIpc) is 3.12. The predicted molar refractivity (Wildman–Crippen MR) is 126 cm³/mol. The third-order valence-electron chi connectivity index (χ3n) is 8.62. The van der Waals surface area contributed by atoms with Gasteiger partial charge in [0.25, 0.3) is 0 Å². The fourth-order valence-electron chi connectivity index (χ4n) is 6.36. The number of fused-ring (bicyclic) bond motifs is 2.